The van der Waals surface area contributed by atoms with E-state index in [1.807, 2.05) is 19.2 Å². The number of hydrogen-bond donors (Lipinski definition) is 2. The highest BCUT2D eigenvalue weighted by molar-refractivity contribution is 5.79. The smallest absolute Gasteiger partial charge is 0.191 e. The summed E-state index contributed by atoms with van der Waals surface area (Å²) < 4.78 is 10.8. The van der Waals surface area contributed by atoms with Crippen molar-refractivity contribution in [3.63, 3.8) is 0 Å². The lowest BCUT2D eigenvalue weighted by Crippen LogP contribution is -2.52. The van der Waals surface area contributed by atoms with Crippen molar-refractivity contribution in [1.29, 1.82) is 0 Å². The number of hydrogen-bond acceptors (Lipinski definition) is 4. The second-order valence-electron chi connectivity index (χ2n) is 6.94. The molecule has 1 saturated heterocycles. The first-order valence-electron chi connectivity index (χ1n) is 9.53. The third-order valence-electron chi connectivity index (χ3n) is 4.83. The molecule has 0 aliphatic carbocycles. The third-order valence-corrected chi connectivity index (χ3v) is 4.83. The number of nitrogens with zero attached hydrogens (tertiary/aromatic N) is 2. The maximum atomic E-state index is 5.48. The summed E-state index contributed by atoms with van der Waals surface area (Å²) in [5.74, 6) is 2.33. The topological polar surface area (TPSA) is 58.1 Å². The Hall–Kier alpha value is -1.79. The molecule has 1 aliphatic rings. The Morgan fingerprint density at radius 2 is 2.04 bits per heavy atom. The molecule has 0 bridgehead atoms. The van der Waals surface area contributed by atoms with Crippen LogP contribution >= 0.6 is 0 Å². The van der Waals surface area contributed by atoms with Crippen molar-refractivity contribution in [1.82, 2.24) is 15.5 Å². The number of guanidine groups is 1. The average molecular weight is 363 g/mol. The van der Waals surface area contributed by atoms with E-state index in [1.54, 1.807) is 7.11 Å². The Bertz CT molecular complexity index is 556. The molecule has 1 fully saturated rings. The highest BCUT2D eigenvalue weighted by Gasteiger charge is 2.23. The second-order valence-corrected chi connectivity index (χ2v) is 6.94. The van der Waals surface area contributed by atoms with Gasteiger partial charge in [-0.3, -0.25) is 9.89 Å². The molecule has 6 nitrogen and oxygen atoms in total. The Morgan fingerprint density at radius 1 is 1.27 bits per heavy atom. The summed E-state index contributed by atoms with van der Waals surface area (Å²) in [6.07, 6.45) is 0.926. The molecule has 0 aromatic heterocycles. The van der Waals surface area contributed by atoms with E-state index in [9.17, 15) is 0 Å². The molecule has 1 heterocycles. The van der Waals surface area contributed by atoms with Gasteiger partial charge < -0.3 is 20.1 Å². The molecular weight excluding hydrogens is 328 g/mol. The molecule has 146 valence electrons. The maximum Gasteiger partial charge on any atom is 0.191 e. The minimum Gasteiger partial charge on any atom is -0.497 e. The van der Waals surface area contributed by atoms with Crippen LogP contribution in [0.3, 0.4) is 0 Å². The van der Waals surface area contributed by atoms with Crippen LogP contribution in [0.1, 0.15) is 19.4 Å². The molecule has 6 heteroatoms. The van der Waals surface area contributed by atoms with E-state index < -0.39 is 0 Å². The van der Waals surface area contributed by atoms with Crippen molar-refractivity contribution >= 4 is 5.96 Å². The molecule has 2 N–H and O–H groups in total. The monoisotopic (exact) mass is 362 g/mol. The third kappa shape index (κ3) is 6.50. The van der Waals surface area contributed by atoms with Gasteiger partial charge in [-0.1, -0.05) is 26.0 Å². The Kier molecular flexibility index (Phi) is 8.71. The number of benzene rings is 1. The number of methoxy groups -OCH3 is 1. The van der Waals surface area contributed by atoms with Crippen molar-refractivity contribution in [2.45, 2.75) is 26.3 Å². The zero-order chi connectivity index (χ0) is 18.8. The van der Waals surface area contributed by atoms with Gasteiger partial charge in [0.25, 0.3) is 0 Å². The molecule has 1 aromatic rings. The summed E-state index contributed by atoms with van der Waals surface area (Å²) in [5, 5.41) is 6.90. The van der Waals surface area contributed by atoms with Gasteiger partial charge in [0.05, 0.1) is 20.3 Å². The van der Waals surface area contributed by atoms with Crippen LogP contribution in [0.4, 0.5) is 0 Å². The van der Waals surface area contributed by atoms with Gasteiger partial charge in [0, 0.05) is 39.3 Å². The Morgan fingerprint density at radius 3 is 2.69 bits per heavy atom. The first kappa shape index (κ1) is 20.5. The summed E-state index contributed by atoms with van der Waals surface area (Å²) in [4.78, 5) is 6.87. The number of morpholine rings is 1. The van der Waals surface area contributed by atoms with E-state index in [4.69, 9.17) is 9.47 Å². The van der Waals surface area contributed by atoms with Gasteiger partial charge in [-0.25, -0.2) is 0 Å². The quantitative estimate of drug-likeness (QED) is 0.545. The fourth-order valence-corrected chi connectivity index (χ4v) is 3.27. The van der Waals surface area contributed by atoms with Crippen molar-refractivity contribution in [2.75, 3.05) is 53.6 Å². The van der Waals surface area contributed by atoms with Crippen molar-refractivity contribution in [2.24, 2.45) is 10.9 Å². The van der Waals surface area contributed by atoms with Gasteiger partial charge in [0.2, 0.25) is 0 Å². The lowest BCUT2D eigenvalue weighted by atomic mass is 10.0. The largest absolute Gasteiger partial charge is 0.497 e. The van der Waals surface area contributed by atoms with Gasteiger partial charge >= 0.3 is 0 Å². The van der Waals surface area contributed by atoms with E-state index in [0.717, 1.165) is 57.5 Å². The van der Waals surface area contributed by atoms with Gasteiger partial charge in [-0.15, -0.1) is 0 Å². The molecule has 1 aromatic carbocycles. The highest BCUT2D eigenvalue weighted by Crippen LogP contribution is 2.13. The van der Waals surface area contributed by atoms with Crippen LogP contribution in [-0.4, -0.2) is 70.5 Å². The number of nitrogens with one attached hydrogen (secondary N) is 2. The summed E-state index contributed by atoms with van der Waals surface area (Å²) in [7, 11) is 3.52. The molecule has 2 rings (SSSR count). The van der Waals surface area contributed by atoms with Crippen LogP contribution in [0.2, 0.25) is 0 Å². The molecule has 1 unspecified atom stereocenters. The zero-order valence-corrected chi connectivity index (χ0v) is 16.6. The first-order valence-corrected chi connectivity index (χ1v) is 9.53. The Labute approximate surface area is 158 Å². The van der Waals surface area contributed by atoms with Crippen molar-refractivity contribution in [3.05, 3.63) is 29.8 Å². The van der Waals surface area contributed by atoms with E-state index in [2.05, 4.69) is 46.5 Å². The van der Waals surface area contributed by atoms with Crippen LogP contribution in [0.25, 0.3) is 0 Å². The van der Waals surface area contributed by atoms with E-state index in [1.165, 1.54) is 5.56 Å². The fourth-order valence-electron chi connectivity index (χ4n) is 3.27. The molecule has 1 aliphatic heterocycles. The average Bonchev–Trinajstić information content (AvgIpc) is 2.67. The molecular formula is C20H34N4O2. The molecule has 26 heavy (non-hydrogen) atoms. The zero-order valence-electron chi connectivity index (χ0n) is 16.6. The number of aliphatic imine (C=N–C) groups is 1. The summed E-state index contributed by atoms with van der Waals surface area (Å²) in [6.45, 7) is 9.95. The standard InChI is InChI=1S/C20H34N4O2/c1-16(2)19(24-10-12-26-13-11-24)15-23-20(21-3)22-9-8-17-6-5-7-18(14-17)25-4/h5-7,14,16,19H,8-13,15H2,1-4H3,(H2,21,22,23). The molecule has 0 saturated carbocycles. The van der Waals surface area contributed by atoms with Crippen LogP contribution < -0.4 is 15.4 Å². The van der Waals surface area contributed by atoms with Gasteiger partial charge in [0.15, 0.2) is 5.96 Å². The van der Waals surface area contributed by atoms with Crippen molar-refractivity contribution < 1.29 is 9.47 Å². The normalized spacial score (nSPS) is 17.2. The number of ether oxygens (including phenoxy) is 2. The van der Waals surface area contributed by atoms with Crippen LogP contribution in [0.15, 0.2) is 29.3 Å². The predicted octanol–water partition coefficient (Wildman–Crippen LogP) is 1.76. The summed E-state index contributed by atoms with van der Waals surface area (Å²) >= 11 is 0. The maximum absolute atomic E-state index is 5.48. The minimum absolute atomic E-state index is 0.482. The van der Waals surface area contributed by atoms with Crippen LogP contribution in [0.5, 0.6) is 5.75 Å². The molecule has 0 amide bonds. The van der Waals surface area contributed by atoms with Gasteiger partial charge in [-0.2, -0.15) is 0 Å². The van der Waals surface area contributed by atoms with Crippen molar-refractivity contribution in [3.8, 4) is 5.75 Å². The minimum atomic E-state index is 0.482. The van der Waals surface area contributed by atoms with Gasteiger partial charge in [-0.05, 0) is 30.0 Å². The van der Waals surface area contributed by atoms with E-state index in [-0.39, 0.29) is 0 Å². The van der Waals surface area contributed by atoms with Crippen LogP contribution in [0, 0.1) is 5.92 Å². The molecule has 0 spiro atoms. The Balaban J connectivity index is 1.78. The summed E-state index contributed by atoms with van der Waals surface area (Å²) in [5.41, 5.74) is 1.25. The van der Waals surface area contributed by atoms with Gasteiger partial charge in [0.1, 0.15) is 5.75 Å². The molecule has 0 radical (unpaired) electrons. The lowest BCUT2D eigenvalue weighted by Gasteiger charge is -2.37. The first-order chi connectivity index (χ1) is 12.6. The van der Waals surface area contributed by atoms with E-state index in [0.29, 0.717) is 12.0 Å². The SMILES string of the molecule is CN=C(NCCc1cccc(OC)c1)NCC(C(C)C)N1CCOCC1. The number of rotatable bonds is 8. The lowest BCUT2D eigenvalue weighted by molar-refractivity contribution is 0.00752. The van der Waals surface area contributed by atoms with Crippen LogP contribution in [-0.2, 0) is 11.2 Å². The van der Waals surface area contributed by atoms with E-state index >= 15 is 0 Å². The molecule has 1 atom stereocenters. The predicted molar refractivity (Wildman–Crippen MR) is 107 cm³/mol. The fraction of sp³-hybridized carbons (Fsp3) is 0.650. The summed E-state index contributed by atoms with van der Waals surface area (Å²) in [6, 6.07) is 8.67. The second kappa shape index (κ2) is 11.0. The highest BCUT2D eigenvalue weighted by atomic mass is 16.5.